The number of nitrogens with zero attached hydrogens (tertiary/aromatic N) is 3. The SMILES string of the molecule is CC(C)(C)N1CC2CC(C1)N2c1cc2c(cc1F)C(=O)N([C@H]1CCC(=O)NC1=O)C2. The Morgan fingerprint density at radius 3 is 2.43 bits per heavy atom. The van der Waals surface area contributed by atoms with E-state index in [0.29, 0.717) is 17.7 Å². The third kappa shape index (κ3) is 2.92. The molecule has 160 valence electrons. The lowest BCUT2D eigenvalue weighted by Crippen LogP contribution is -2.71. The van der Waals surface area contributed by atoms with Crippen molar-refractivity contribution >= 4 is 23.4 Å². The summed E-state index contributed by atoms with van der Waals surface area (Å²) in [6, 6.07) is 2.99. The third-order valence-corrected chi connectivity index (χ3v) is 7.01. The number of benzene rings is 1. The van der Waals surface area contributed by atoms with Crippen molar-refractivity contribution in [2.24, 2.45) is 0 Å². The molecule has 0 aliphatic carbocycles. The monoisotopic (exact) mass is 414 g/mol. The van der Waals surface area contributed by atoms with Crippen LogP contribution >= 0.6 is 0 Å². The highest BCUT2D eigenvalue weighted by Gasteiger charge is 2.48. The van der Waals surface area contributed by atoms with Crippen LogP contribution in [0.1, 0.15) is 56.0 Å². The Kier molecular flexibility index (Phi) is 4.23. The van der Waals surface area contributed by atoms with Crippen LogP contribution in [-0.4, -0.2) is 64.3 Å². The highest BCUT2D eigenvalue weighted by molar-refractivity contribution is 6.05. The number of piperidine rings is 2. The molecule has 3 atom stereocenters. The van der Waals surface area contributed by atoms with E-state index >= 15 is 4.39 Å². The minimum absolute atomic E-state index is 0.0916. The Morgan fingerprint density at radius 2 is 1.80 bits per heavy atom. The van der Waals surface area contributed by atoms with Gasteiger partial charge in [0.1, 0.15) is 11.9 Å². The smallest absolute Gasteiger partial charge is 0.255 e. The summed E-state index contributed by atoms with van der Waals surface area (Å²) in [7, 11) is 0. The number of imide groups is 1. The lowest BCUT2D eigenvalue weighted by atomic mass is 9.84. The van der Waals surface area contributed by atoms with Gasteiger partial charge in [0, 0.05) is 49.2 Å². The van der Waals surface area contributed by atoms with Gasteiger partial charge in [0.25, 0.3) is 5.91 Å². The van der Waals surface area contributed by atoms with Crippen molar-refractivity contribution in [3.8, 4) is 0 Å². The average molecular weight is 414 g/mol. The number of hydrogen-bond acceptors (Lipinski definition) is 5. The number of carbonyl (C=O) groups excluding carboxylic acids is 3. The normalized spacial score (nSPS) is 29.1. The van der Waals surface area contributed by atoms with Crippen molar-refractivity contribution in [2.75, 3.05) is 18.0 Å². The van der Waals surface area contributed by atoms with Gasteiger partial charge in [0.15, 0.2) is 0 Å². The van der Waals surface area contributed by atoms with Crippen LogP contribution in [0.25, 0.3) is 0 Å². The third-order valence-electron chi connectivity index (χ3n) is 7.01. The molecule has 0 radical (unpaired) electrons. The van der Waals surface area contributed by atoms with E-state index in [9.17, 15) is 14.4 Å². The predicted octanol–water partition coefficient (Wildman–Crippen LogP) is 1.65. The van der Waals surface area contributed by atoms with E-state index in [2.05, 4.69) is 35.9 Å². The molecule has 1 aromatic rings. The summed E-state index contributed by atoms with van der Waals surface area (Å²) in [4.78, 5) is 42.6. The highest BCUT2D eigenvalue weighted by Crippen LogP contribution is 2.42. The summed E-state index contributed by atoms with van der Waals surface area (Å²) < 4.78 is 15.1. The predicted molar refractivity (Wildman–Crippen MR) is 108 cm³/mol. The van der Waals surface area contributed by atoms with Crippen molar-refractivity contribution in [3.05, 3.63) is 29.1 Å². The molecule has 0 saturated carbocycles. The van der Waals surface area contributed by atoms with Crippen LogP contribution in [0.2, 0.25) is 0 Å². The van der Waals surface area contributed by atoms with Gasteiger partial charge < -0.3 is 9.80 Å². The van der Waals surface area contributed by atoms with Gasteiger partial charge in [-0.1, -0.05) is 0 Å². The van der Waals surface area contributed by atoms with Crippen LogP contribution in [0.5, 0.6) is 0 Å². The summed E-state index contributed by atoms with van der Waals surface area (Å²) in [5, 5.41) is 2.30. The highest BCUT2D eigenvalue weighted by atomic mass is 19.1. The number of carbonyl (C=O) groups is 3. The topological polar surface area (TPSA) is 73.0 Å². The van der Waals surface area contributed by atoms with Gasteiger partial charge in [0.2, 0.25) is 11.8 Å². The number of amides is 3. The number of halogens is 1. The van der Waals surface area contributed by atoms with Crippen LogP contribution in [0.15, 0.2) is 12.1 Å². The van der Waals surface area contributed by atoms with E-state index in [-0.39, 0.29) is 48.2 Å². The molecule has 4 saturated heterocycles. The second-order valence-corrected chi connectivity index (χ2v) is 9.89. The molecule has 0 aromatic heterocycles. The van der Waals surface area contributed by atoms with Crippen LogP contribution in [0, 0.1) is 5.82 Å². The molecule has 5 aliphatic heterocycles. The fraction of sp³-hybridized carbons (Fsp3) is 0.591. The molecule has 0 spiro atoms. The molecule has 7 nitrogen and oxygen atoms in total. The Morgan fingerprint density at radius 1 is 1.10 bits per heavy atom. The molecule has 5 heterocycles. The van der Waals surface area contributed by atoms with Crippen LogP contribution in [0.4, 0.5) is 10.1 Å². The molecule has 1 aromatic carbocycles. The maximum absolute atomic E-state index is 15.1. The lowest BCUT2D eigenvalue weighted by molar-refractivity contribution is -0.136. The van der Waals surface area contributed by atoms with E-state index in [1.807, 2.05) is 0 Å². The van der Waals surface area contributed by atoms with Crippen LogP contribution in [-0.2, 0) is 16.1 Å². The van der Waals surface area contributed by atoms with E-state index in [0.717, 1.165) is 25.1 Å². The lowest BCUT2D eigenvalue weighted by Gasteiger charge is -2.60. The molecule has 2 bridgehead atoms. The molecule has 3 amide bonds. The number of rotatable bonds is 2. The molecule has 8 heteroatoms. The van der Waals surface area contributed by atoms with Gasteiger partial charge in [0.05, 0.1) is 5.69 Å². The first-order valence-corrected chi connectivity index (χ1v) is 10.6. The zero-order valence-electron chi connectivity index (χ0n) is 17.6. The largest absolute Gasteiger partial charge is 0.360 e. The molecule has 2 unspecified atom stereocenters. The van der Waals surface area contributed by atoms with Gasteiger partial charge in [-0.2, -0.15) is 0 Å². The number of anilines is 1. The minimum atomic E-state index is -0.683. The summed E-state index contributed by atoms with van der Waals surface area (Å²) in [5.74, 6) is -1.49. The van der Waals surface area contributed by atoms with E-state index in [1.54, 1.807) is 6.07 Å². The molecular weight excluding hydrogens is 387 g/mol. The molecule has 5 aliphatic rings. The maximum atomic E-state index is 15.1. The standard InChI is InChI=1S/C22H27FN4O3/c1-22(2,3)25-10-13-7-14(11-25)27(13)18-6-12-9-26(21(30)15(12)8-16(18)23)17-4-5-19(28)24-20(17)29/h6,8,13-14,17H,4-5,7,9-11H2,1-3H3,(H,24,28,29)/t13?,14?,17-/m0/s1. The van der Waals surface area contributed by atoms with Crippen LogP contribution < -0.4 is 10.2 Å². The Labute approximate surface area is 175 Å². The van der Waals surface area contributed by atoms with E-state index in [1.165, 1.54) is 11.0 Å². The first-order chi connectivity index (χ1) is 14.1. The van der Waals surface area contributed by atoms with Crippen molar-refractivity contribution in [1.82, 2.24) is 15.1 Å². The van der Waals surface area contributed by atoms with Crippen molar-refractivity contribution in [2.45, 2.75) is 70.2 Å². The van der Waals surface area contributed by atoms with Gasteiger partial charge >= 0.3 is 0 Å². The summed E-state index contributed by atoms with van der Waals surface area (Å²) in [6.07, 6.45) is 1.57. The quantitative estimate of drug-likeness (QED) is 0.745. The maximum Gasteiger partial charge on any atom is 0.255 e. The second-order valence-electron chi connectivity index (χ2n) is 9.89. The Hall–Kier alpha value is -2.48. The summed E-state index contributed by atoms with van der Waals surface area (Å²) >= 11 is 0. The second kappa shape index (κ2) is 6.51. The van der Waals surface area contributed by atoms with Gasteiger partial charge in [-0.25, -0.2) is 4.39 Å². The molecule has 1 N–H and O–H groups in total. The number of nitrogens with one attached hydrogen (secondary N) is 1. The van der Waals surface area contributed by atoms with Gasteiger partial charge in [-0.3, -0.25) is 24.6 Å². The summed E-state index contributed by atoms with van der Waals surface area (Å²) in [6.45, 7) is 8.68. The molecule has 6 rings (SSSR count). The van der Waals surface area contributed by atoms with Crippen molar-refractivity contribution < 1.29 is 18.8 Å². The number of piperazine rings is 1. The number of fused-ring (bicyclic) bond motifs is 3. The molecule has 4 fully saturated rings. The first-order valence-electron chi connectivity index (χ1n) is 10.6. The molecule has 30 heavy (non-hydrogen) atoms. The first kappa shape index (κ1) is 19.5. The van der Waals surface area contributed by atoms with Crippen molar-refractivity contribution in [3.63, 3.8) is 0 Å². The Balaban J connectivity index is 1.38. The zero-order valence-corrected chi connectivity index (χ0v) is 17.6. The minimum Gasteiger partial charge on any atom is -0.360 e. The zero-order chi connectivity index (χ0) is 21.4. The molecular formula is C22H27FN4O3. The van der Waals surface area contributed by atoms with Gasteiger partial charge in [-0.15, -0.1) is 0 Å². The average Bonchev–Trinajstić information content (AvgIpc) is 2.97. The summed E-state index contributed by atoms with van der Waals surface area (Å²) in [5.41, 5.74) is 1.72. The van der Waals surface area contributed by atoms with Gasteiger partial charge in [-0.05, 0) is 51.3 Å². The Bertz CT molecular complexity index is 944. The van der Waals surface area contributed by atoms with Crippen molar-refractivity contribution in [1.29, 1.82) is 0 Å². The fourth-order valence-electron chi connectivity index (χ4n) is 5.32. The fourth-order valence-corrected chi connectivity index (χ4v) is 5.32. The number of hydrogen-bond donors (Lipinski definition) is 1. The van der Waals surface area contributed by atoms with E-state index in [4.69, 9.17) is 0 Å². The van der Waals surface area contributed by atoms with E-state index < -0.39 is 11.9 Å². The van der Waals surface area contributed by atoms with Crippen LogP contribution in [0.3, 0.4) is 0 Å².